The first kappa shape index (κ1) is 23.0. The number of halogens is 1. The topological polar surface area (TPSA) is 122 Å². The van der Waals surface area contributed by atoms with Gasteiger partial charge in [-0.2, -0.15) is 0 Å². The molecule has 3 rings (SSSR count). The van der Waals surface area contributed by atoms with Crippen molar-refractivity contribution in [1.29, 1.82) is 0 Å². The molecule has 0 bridgehead atoms. The lowest BCUT2D eigenvalue weighted by Crippen LogP contribution is -2.43. The number of anilines is 1. The molecule has 0 aromatic heterocycles. The van der Waals surface area contributed by atoms with Crippen LogP contribution in [0.3, 0.4) is 0 Å². The minimum Gasteiger partial charge on any atom is -0.455 e. The highest BCUT2D eigenvalue weighted by Crippen LogP contribution is 2.18. The van der Waals surface area contributed by atoms with Gasteiger partial charge in [-0.05, 0) is 55.5 Å². The van der Waals surface area contributed by atoms with Gasteiger partial charge in [0.1, 0.15) is 0 Å². The number of nitrogens with one attached hydrogen (secondary N) is 2. The number of amides is 3. The van der Waals surface area contributed by atoms with E-state index in [1.165, 1.54) is 19.1 Å². The number of carbonyl (C=O) groups excluding carboxylic acids is 5. The number of nitrogens with zero attached hydrogens (tertiary/aromatic N) is 1. The summed E-state index contributed by atoms with van der Waals surface area (Å²) < 4.78 is 5.01. The number of benzene rings is 2. The predicted molar refractivity (Wildman–Crippen MR) is 115 cm³/mol. The number of ether oxygens (including phenoxy) is 1. The summed E-state index contributed by atoms with van der Waals surface area (Å²) in [7, 11) is 0. The lowest BCUT2D eigenvalue weighted by atomic mass is 10.1. The summed E-state index contributed by atoms with van der Waals surface area (Å²) in [4.78, 5) is 59.9. The van der Waals surface area contributed by atoms with E-state index in [1.807, 2.05) is 0 Å². The fourth-order valence-corrected chi connectivity index (χ4v) is 3.13. The van der Waals surface area contributed by atoms with Crippen LogP contribution < -0.4 is 10.7 Å². The average Bonchev–Trinajstić information content (AvgIpc) is 3.13. The van der Waals surface area contributed by atoms with Crippen LogP contribution in [0, 0.1) is 5.92 Å². The second kappa shape index (κ2) is 10.1. The molecule has 1 aliphatic heterocycles. The zero-order chi connectivity index (χ0) is 23.3. The van der Waals surface area contributed by atoms with Crippen molar-refractivity contribution in [2.24, 2.45) is 5.92 Å². The lowest BCUT2D eigenvalue weighted by molar-refractivity contribution is -0.151. The van der Waals surface area contributed by atoms with Crippen LogP contribution in [-0.4, -0.2) is 47.6 Å². The normalized spacial score (nSPS) is 15.2. The van der Waals surface area contributed by atoms with Gasteiger partial charge in [0.2, 0.25) is 5.91 Å². The molecule has 32 heavy (non-hydrogen) atoms. The molecular formula is C22H20ClN3O6. The third-order valence-electron chi connectivity index (χ3n) is 4.72. The van der Waals surface area contributed by atoms with Crippen molar-refractivity contribution in [3.05, 3.63) is 64.7 Å². The number of ketones is 1. The minimum absolute atomic E-state index is 0.0644. The molecule has 1 atom stereocenters. The maximum absolute atomic E-state index is 12.3. The Morgan fingerprint density at radius 2 is 1.66 bits per heavy atom. The number of carbonyl (C=O) groups is 5. The van der Waals surface area contributed by atoms with E-state index in [4.69, 9.17) is 16.3 Å². The van der Waals surface area contributed by atoms with E-state index in [0.29, 0.717) is 21.8 Å². The zero-order valence-electron chi connectivity index (χ0n) is 17.1. The fraction of sp³-hybridized carbons (Fsp3) is 0.227. The second-order valence-electron chi connectivity index (χ2n) is 7.14. The maximum Gasteiger partial charge on any atom is 0.311 e. The molecule has 1 heterocycles. The van der Waals surface area contributed by atoms with Crippen LogP contribution in [0.25, 0.3) is 0 Å². The predicted octanol–water partition coefficient (Wildman–Crippen LogP) is 2.22. The van der Waals surface area contributed by atoms with Crippen LogP contribution in [0.1, 0.15) is 34.1 Å². The standard InChI is InChI=1S/C22H20ClN3O6/c1-13(27)14-4-8-18(9-5-14)24-19(28)12-32-22(31)16-10-20(29)26(11-16)25-21(30)15-2-6-17(23)7-3-15/h2-9,16H,10-12H2,1H3,(H,24,28)(H,25,30)/t16-/m0/s1. The Morgan fingerprint density at radius 3 is 2.28 bits per heavy atom. The van der Waals surface area contributed by atoms with E-state index in [2.05, 4.69) is 10.7 Å². The van der Waals surface area contributed by atoms with Gasteiger partial charge >= 0.3 is 5.97 Å². The summed E-state index contributed by atoms with van der Waals surface area (Å²) in [6, 6.07) is 12.4. The molecular weight excluding hydrogens is 438 g/mol. The number of hydrogen-bond donors (Lipinski definition) is 2. The summed E-state index contributed by atoms with van der Waals surface area (Å²) >= 11 is 5.79. The van der Waals surface area contributed by atoms with Crippen molar-refractivity contribution >= 4 is 46.8 Å². The third kappa shape index (κ3) is 5.92. The molecule has 0 aliphatic carbocycles. The minimum atomic E-state index is -0.810. The van der Waals surface area contributed by atoms with Crippen molar-refractivity contribution in [2.45, 2.75) is 13.3 Å². The lowest BCUT2D eigenvalue weighted by Gasteiger charge is -2.17. The molecule has 0 unspecified atom stereocenters. The third-order valence-corrected chi connectivity index (χ3v) is 4.97. The van der Waals surface area contributed by atoms with Gasteiger partial charge in [0, 0.05) is 28.3 Å². The molecule has 0 saturated carbocycles. The van der Waals surface area contributed by atoms with Crippen molar-refractivity contribution < 1.29 is 28.7 Å². The Bertz CT molecular complexity index is 1050. The smallest absolute Gasteiger partial charge is 0.311 e. The number of hydrazine groups is 1. The first-order valence-electron chi connectivity index (χ1n) is 9.67. The van der Waals surface area contributed by atoms with E-state index < -0.39 is 36.2 Å². The Morgan fingerprint density at radius 1 is 1.03 bits per heavy atom. The molecule has 1 fully saturated rings. The van der Waals surface area contributed by atoms with Gasteiger partial charge in [0.25, 0.3) is 11.8 Å². The number of hydrogen-bond acceptors (Lipinski definition) is 6. The highest BCUT2D eigenvalue weighted by atomic mass is 35.5. The van der Waals surface area contributed by atoms with Crippen molar-refractivity contribution in [1.82, 2.24) is 10.4 Å². The summed E-state index contributed by atoms with van der Waals surface area (Å²) in [5.74, 6) is -3.14. The Kier molecular flexibility index (Phi) is 7.21. The van der Waals surface area contributed by atoms with Crippen molar-refractivity contribution in [3.63, 3.8) is 0 Å². The Hall–Kier alpha value is -3.72. The fourth-order valence-electron chi connectivity index (χ4n) is 3.00. The SMILES string of the molecule is CC(=O)c1ccc(NC(=O)COC(=O)[C@H]2CC(=O)N(NC(=O)c3ccc(Cl)cc3)C2)cc1. The van der Waals surface area contributed by atoms with Gasteiger partial charge in [-0.1, -0.05) is 11.6 Å². The molecule has 1 saturated heterocycles. The largest absolute Gasteiger partial charge is 0.455 e. The molecule has 0 spiro atoms. The van der Waals surface area contributed by atoms with Gasteiger partial charge in [-0.15, -0.1) is 0 Å². The molecule has 2 aromatic rings. The van der Waals surface area contributed by atoms with E-state index in [0.717, 1.165) is 5.01 Å². The summed E-state index contributed by atoms with van der Waals surface area (Å²) in [6.07, 6.45) is -0.145. The molecule has 1 aliphatic rings. The van der Waals surface area contributed by atoms with Gasteiger partial charge in [-0.3, -0.25) is 34.4 Å². The number of esters is 1. The van der Waals surface area contributed by atoms with Crippen LogP contribution >= 0.6 is 11.6 Å². The van der Waals surface area contributed by atoms with E-state index in [-0.39, 0.29) is 18.7 Å². The van der Waals surface area contributed by atoms with Gasteiger partial charge in [-0.25, -0.2) is 0 Å². The zero-order valence-corrected chi connectivity index (χ0v) is 17.8. The van der Waals surface area contributed by atoms with Crippen LogP contribution in [0.2, 0.25) is 5.02 Å². The summed E-state index contributed by atoms with van der Waals surface area (Å²) in [5.41, 5.74) is 3.71. The van der Waals surface area contributed by atoms with Gasteiger partial charge in [0.05, 0.1) is 12.5 Å². The van der Waals surface area contributed by atoms with Crippen LogP contribution in [-0.2, 0) is 19.1 Å². The number of rotatable bonds is 7. The molecule has 9 nitrogen and oxygen atoms in total. The molecule has 2 aromatic carbocycles. The van der Waals surface area contributed by atoms with E-state index in [9.17, 15) is 24.0 Å². The van der Waals surface area contributed by atoms with E-state index in [1.54, 1.807) is 36.4 Å². The van der Waals surface area contributed by atoms with Gasteiger partial charge in [0.15, 0.2) is 12.4 Å². The quantitative estimate of drug-likeness (QED) is 0.485. The summed E-state index contributed by atoms with van der Waals surface area (Å²) in [5, 5.41) is 4.07. The van der Waals surface area contributed by atoms with Crippen molar-refractivity contribution in [2.75, 3.05) is 18.5 Å². The highest BCUT2D eigenvalue weighted by molar-refractivity contribution is 6.30. The molecule has 166 valence electrons. The van der Waals surface area contributed by atoms with Gasteiger partial charge < -0.3 is 10.1 Å². The van der Waals surface area contributed by atoms with Crippen LogP contribution in [0.15, 0.2) is 48.5 Å². The molecule has 0 radical (unpaired) electrons. The molecule has 3 amide bonds. The first-order chi connectivity index (χ1) is 15.2. The van der Waals surface area contributed by atoms with Crippen LogP contribution in [0.4, 0.5) is 5.69 Å². The number of Topliss-reactive ketones (excluding diaryl/α,β-unsaturated/α-hetero) is 1. The molecule has 2 N–H and O–H groups in total. The Balaban J connectivity index is 1.46. The monoisotopic (exact) mass is 457 g/mol. The second-order valence-corrected chi connectivity index (χ2v) is 7.58. The molecule has 10 heteroatoms. The van der Waals surface area contributed by atoms with Crippen molar-refractivity contribution in [3.8, 4) is 0 Å². The maximum atomic E-state index is 12.3. The first-order valence-corrected chi connectivity index (χ1v) is 10.0. The van der Waals surface area contributed by atoms with Crippen LogP contribution in [0.5, 0.6) is 0 Å². The van der Waals surface area contributed by atoms with E-state index >= 15 is 0 Å². The Labute approximate surface area is 188 Å². The summed E-state index contributed by atoms with van der Waals surface area (Å²) in [6.45, 7) is 0.839. The average molecular weight is 458 g/mol. The highest BCUT2D eigenvalue weighted by Gasteiger charge is 2.36.